The number of anilines is 2. The number of hydrogen-bond acceptors (Lipinski definition) is 6. The van der Waals surface area contributed by atoms with E-state index in [9.17, 15) is 4.79 Å². The van der Waals surface area contributed by atoms with Crippen molar-refractivity contribution in [3.05, 3.63) is 65.3 Å². The number of nitrogens with zero attached hydrogens (tertiary/aromatic N) is 5. The first-order valence-electron chi connectivity index (χ1n) is 9.22. The van der Waals surface area contributed by atoms with E-state index < -0.39 is 0 Å². The second-order valence-electron chi connectivity index (χ2n) is 6.77. The molecule has 4 aromatic rings. The number of nitrogens with one attached hydrogen (secondary N) is 2. The van der Waals surface area contributed by atoms with E-state index in [0.29, 0.717) is 11.6 Å². The number of aromatic nitrogens is 5. The van der Waals surface area contributed by atoms with E-state index in [1.165, 1.54) is 11.8 Å². The second-order valence-corrected chi connectivity index (χ2v) is 6.77. The zero-order valence-corrected chi connectivity index (χ0v) is 15.2. The van der Waals surface area contributed by atoms with Crippen LogP contribution in [0.5, 0.6) is 0 Å². The number of piperazine rings is 1. The molecule has 3 aromatic heterocycles. The van der Waals surface area contributed by atoms with E-state index in [1.807, 2.05) is 30.5 Å². The quantitative estimate of drug-likeness (QED) is 0.571. The predicted octanol–water partition coefficient (Wildman–Crippen LogP) is 2.03. The van der Waals surface area contributed by atoms with Crippen molar-refractivity contribution in [2.75, 3.05) is 36.0 Å². The van der Waals surface area contributed by atoms with Crippen LogP contribution in [0.25, 0.3) is 22.2 Å². The summed E-state index contributed by atoms with van der Waals surface area (Å²) >= 11 is 0. The van der Waals surface area contributed by atoms with Crippen LogP contribution >= 0.6 is 0 Å². The molecule has 0 bridgehead atoms. The van der Waals surface area contributed by atoms with E-state index in [2.05, 4.69) is 41.0 Å². The molecule has 1 fully saturated rings. The van der Waals surface area contributed by atoms with Gasteiger partial charge in [-0.25, -0.2) is 4.98 Å². The smallest absolute Gasteiger partial charge is 0.252 e. The highest BCUT2D eigenvalue weighted by Crippen LogP contribution is 2.27. The van der Waals surface area contributed by atoms with Gasteiger partial charge in [0.2, 0.25) is 5.95 Å². The molecule has 0 aliphatic carbocycles. The molecule has 1 aromatic carbocycles. The number of hydrogen-bond donors (Lipinski definition) is 2. The Morgan fingerprint density at radius 1 is 0.964 bits per heavy atom. The Bertz CT molecular complexity index is 1160. The molecule has 0 radical (unpaired) electrons. The molecule has 1 aliphatic heterocycles. The molecule has 28 heavy (non-hydrogen) atoms. The number of H-pyrrole nitrogens is 2. The third-order valence-electron chi connectivity index (χ3n) is 5.09. The Kier molecular flexibility index (Phi) is 4.01. The van der Waals surface area contributed by atoms with Crippen LogP contribution in [-0.2, 0) is 0 Å². The molecule has 8 heteroatoms. The minimum atomic E-state index is -0.151. The monoisotopic (exact) mass is 373 g/mol. The summed E-state index contributed by atoms with van der Waals surface area (Å²) in [6.07, 6.45) is 5.27. The lowest BCUT2D eigenvalue weighted by Crippen LogP contribution is -2.47. The first-order valence-corrected chi connectivity index (χ1v) is 9.22. The van der Waals surface area contributed by atoms with Crippen LogP contribution in [0, 0.1) is 0 Å². The minimum Gasteiger partial charge on any atom is -0.367 e. The zero-order valence-electron chi connectivity index (χ0n) is 15.2. The highest BCUT2D eigenvalue weighted by molar-refractivity contribution is 5.91. The van der Waals surface area contributed by atoms with Gasteiger partial charge in [-0.3, -0.25) is 19.9 Å². The van der Waals surface area contributed by atoms with Gasteiger partial charge in [-0.1, -0.05) is 6.07 Å². The van der Waals surface area contributed by atoms with Gasteiger partial charge in [-0.05, 0) is 24.3 Å². The molecule has 0 atom stereocenters. The molecule has 4 heterocycles. The molecule has 0 amide bonds. The Morgan fingerprint density at radius 3 is 2.57 bits per heavy atom. The second kappa shape index (κ2) is 6.80. The molecular formula is C20H19N7O. The molecule has 5 rings (SSSR count). The zero-order chi connectivity index (χ0) is 18.9. The lowest BCUT2D eigenvalue weighted by Gasteiger charge is -2.36. The number of fused-ring (bicyclic) bond motifs is 1. The Hall–Kier alpha value is -3.68. The molecule has 0 spiro atoms. The maximum atomic E-state index is 12.2. The van der Waals surface area contributed by atoms with Crippen LogP contribution in [0.2, 0.25) is 0 Å². The molecule has 1 aliphatic rings. The summed E-state index contributed by atoms with van der Waals surface area (Å²) in [6.45, 7) is 3.23. The van der Waals surface area contributed by atoms with E-state index in [4.69, 9.17) is 0 Å². The van der Waals surface area contributed by atoms with Crippen molar-refractivity contribution >= 4 is 22.5 Å². The Labute approximate surface area is 160 Å². The van der Waals surface area contributed by atoms with Crippen molar-refractivity contribution in [2.45, 2.75) is 0 Å². The summed E-state index contributed by atoms with van der Waals surface area (Å²) in [7, 11) is 0. The van der Waals surface area contributed by atoms with Crippen LogP contribution in [0.15, 0.2) is 59.8 Å². The van der Waals surface area contributed by atoms with E-state index in [1.54, 1.807) is 12.4 Å². The van der Waals surface area contributed by atoms with Crippen LogP contribution < -0.4 is 15.4 Å². The number of aromatic amines is 2. The summed E-state index contributed by atoms with van der Waals surface area (Å²) in [5, 5.41) is 8.30. The first kappa shape index (κ1) is 16.5. The van der Waals surface area contributed by atoms with Crippen molar-refractivity contribution in [1.29, 1.82) is 0 Å². The topological polar surface area (TPSA) is 93.8 Å². The van der Waals surface area contributed by atoms with Gasteiger partial charge in [0.25, 0.3) is 5.56 Å². The predicted molar refractivity (Wildman–Crippen MR) is 109 cm³/mol. The largest absolute Gasteiger partial charge is 0.367 e. The summed E-state index contributed by atoms with van der Waals surface area (Å²) in [5.74, 6) is 0.612. The van der Waals surface area contributed by atoms with Gasteiger partial charge in [0.1, 0.15) is 0 Å². The average Bonchev–Trinajstić information content (AvgIpc) is 3.23. The highest BCUT2D eigenvalue weighted by atomic mass is 16.1. The molecule has 2 N–H and O–H groups in total. The van der Waals surface area contributed by atoms with Crippen LogP contribution in [-0.4, -0.2) is 51.3 Å². The van der Waals surface area contributed by atoms with Gasteiger partial charge in [-0.2, -0.15) is 5.10 Å². The molecule has 0 saturated carbocycles. The molecule has 0 unspecified atom stereocenters. The number of pyridine rings is 1. The van der Waals surface area contributed by atoms with Crippen LogP contribution in [0.3, 0.4) is 0 Å². The molecule has 1 saturated heterocycles. The van der Waals surface area contributed by atoms with Gasteiger partial charge in [0, 0.05) is 61.3 Å². The molecule has 8 nitrogen and oxygen atoms in total. The summed E-state index contributed by atoms with van der Waals surface area (Å²) in [6, 6.07) is 11.4. The summed E-state index contributed by atoms with van der Waals surface area (Å²) in [4.78, 5) is 28.2. The molecular weight excluding hydrogens is 354 g/mol. The maximum absolute atomic E-state index is 12.2. The first-order chi connectivity index (χ1) is 13.8. The van der Waals surface area contributed by atoms with Gasteiger partial charge in [0.15, 0.2) is 0 Å². The lowest BCUT2D eigenvalue weighted by molar-refractivity contribution is 0.640. The fraction of sp³-hybridized carbons (Fsp3) is 0.200. The van der Waals surface area contributed by atoms with Crippen LogP contribution in [0.4, 0.5) is 11.6 Å². The van der Waals surface area contributed by atoms with Crippen molar-refractivity contribution in [2.24, 2.45) is 0 Å². The van der Waals surface area contributed by atoms with Crippen LogP contribution in [0.1, 0.15) is 0 Å². The van der Waals surface area contributed by atoms with Gasteiger partial charge >= 0.3 is 0 Å². The molecule has 140 valence electrons. The van der Waals surface area contributed by atoms with Crippen molar-refractivity contribution in [3.63, 3.8) is 0 Å². The number of benzene rings is 1. The standard InChI is InChI=1S/C20H19N7O/c28-19-12-17(14-4-6-21-7-5-14)23-20(24-19)27-10-8-26(9-11-27)18-3-1-2-16-15(18)13-22-25-16/h1-7,12-13H,8-11H2,(H,22,25)(H,23,24,28). The minimum absolute atomic E-state index is 0.151. The fourth-order valence-electron chi connectivity index (χ4n) is 3.65. The Morgan fingerprint density at radius 2 is 1.75 bits per heavy atom. The Balaban J connectivity index is 1.38. The van der Waals surface area contributed by atoms with Gasteiger partial charge < -0.3 is 9.80 Å². The normalized spacial score (nSPS) is 14.6. The summed E-state index contributed by atoms with van der Waals surface area (Å²) < 4.78 is 0. The lowest BCUT2D eigenvalue weighted by atomic mass is 10.2. The van der Waals surface area contributed by atoms with E-state index in [0.717, 1.165) is 42.6 Å². The SMILES string of the molecule is O=c1cc(-c2ccncc2)nc(N2CCN(c3cccc4[nH]ncc34)CC2)[nH]1. The third-order valence-corrected chi connectivity index (χ3v) is 5.09. The number of rotatable bonds is 3. The van der Waals surface area contributed by atoms with Gasteiger partial charge in [0.05, 0.1) is 17.4 Å². The van der Waals surface area contributed by atoms with E-state index in [-0.39, 0.29) is 5.56 Å². The highest BCUT2D eigenvalue weighted by Gasteiger charge is 2.21. The van der Waals surface area contributed by atoms with Gasteiger partial charge in [-0.15, -0.1) is 0 Å². The van der Waals surface area contributed by atoms with Crippen molar-refractivity contribution < 1.29 is 0 Å². The fourth-order valence-corrected chi connectivity index (χ4v) is 3.65. The van der Waals surface area contributed by atoms with Crippen molar-refractivity contribution in [3.8, 4) is 11.3 Å². The summed E-state index contributed by atoms with van der Waals surface area (Å²) in [5.41, 5.74) is 3.61. The maximum Gasteiger partial charge on any atom is 0.252 e. The average molecular weight is 373 g/mol. The van der Waals surface area contributed by atoms with E-state index >= 15 is 0 Å². The third kappa shape index (κ3) is 2.98. The van der Waals surface area contributed by atoms with Crippen molar-refractivity contribution in [1.82, 2.24) is 25.1 Å².